The maximum absolute atomic E-state index is 10.4. The van der Waals surface area contributed by atoms with Crippen molar-refractivity contribution in [1.29, 1.82) is 0 Å². The van der Waals surface area contributed by atoms with Gasteiger partial charge in [-0.3, -0.25) is 4.79 Å². The minimum atomic E-state index is -0.876. The van der Waals surface area contributed by atoms with E-state index in [4.69, 9.17) is 5.11 Å². The molecule has 0 saturated carbocycles. The molecule has 6 nitrogen and oxygen atoms in total. The summed E-state index contributed by atoms with van der Waals surface area (Å²) in [4.78, 5) is 10.4. The third-order valence-electron chi connectivity index (χ3n) is 1.40. The molecule has 1 rings (SSSR count). The van der Waals surface area contributed by atoms with Gasteiger partial charge >= 0.3 is 5.97 Å². The summed E-state index contributed by atoms with van der Waals surface area (Å²) in [5, 5.41) is 20.1. The minimum absolute atomic E-state index is 0.0313. The van der Waals surface area contributed by atoms with Crippen LogP contribution >= 0.6 is 11.8 Å². The summed E-state index contributed by atoms with van der Waals surface area (Å²) in [6, 6.07) is 0. The van der Waals surface area contributed by atoms with Crippen molar-refractivity contribution >= 4 is 17.7 Å². The Morgan fingerprint density at radius 2 is 2.21 bits per heavy atom. The number of aromatic nitrogens is 4. The van der Waals surface area contributed by atoms with Crippen LogP contribution in [0.25, 0.3) is 0 Å². The SMILES string of the molecule is CC(C)(C)n1nnnc1SCC(=O)O. The molecule has 1 heterocycles. The molecule has 1 N–H and O–H groups in total. The minimum Gasteiger partial charge on any atom is -0.481 e. The highest BCUT2D eigenvalue weighted by Gasteiger charge is 2.20. The molecule has 0 atom stereocenters. The molecule has 0 aliphatic heterocycles. The van der Waals surface area contributed by atoms with Crippen LogP contribution in [0.1, 0.15) is 20.8 Å². The second-order valence-electron chi connectivity index (χ2n) is 3.73. The molecule has 7 heteroatoms. The van der Waals surface area contributed by atoms with Crippen LogP contribution in [0, 0.1) is 0 Å². The van der Waals surface area contributed by atoms with E-state index in [1.165, 1.54) is 0 Å². The van der Waals surface area contributed by atoms with E-state index < -0.39 is 5.97 Å². The molecule has 0 aromatic carbocycles. The van der Waals surface area contributed by atoms with E-state index in [2.05, 4.69) is 15.5 Å². The molecule has 0 saturated heterocycles. The van der Waals surface area contributed by atoms with Crippen molar-refractivity contribution in [2.45, 2.75) is 31.5 Å². The first-order valence-corrected chi connectivity index (χ1v) is 5.03. The maximum atomic E-state index is 10.4. The highest BCUT2D eigenvalue weighted by Crippen LogP contribution is 2.20. The molecule has 0 spiro atoms. The Morgan fingerprint density at radius 3 is 2.71 bits per heavy atom. The quantitative estimate of drug-likeness (QED) is 0.745. The smallest absolute Gasteiger partial charge is 0.313 e. The van der Waals surface area contributed by atoms with Crippen LogP contribution in [-0.2, 0) is 10.3 Å². The molecule has 1 aromatic rings. The molecule has 1 aromatic heterocycles. The topological polar surface area (TPSA) is 80.9 Å². The van der Waals surface area contributed by atoms with Crippen LogP contribution < -0.4 is 0 Å². The van der Waals surface area contributed by atoms with E-state index in [1.807, 2.05) is 20.8 Å². The number of thioether (sulfide) groups is 1. The zero-order valence-electron chi connectivity index (χ0n) is 8.26. The van der Waals surface area contributed by atoms with Gasteiger partial charge in [-0.25, -0.2) is 4.68 Å². The largest absolute Gasteiger partial charge is 0.481 e. The fourth-order valence-electron chi connectivity index (χ4n) is 0.816. The summed E-state index contributed by atoms with van der Waals surface area (Å²) in [7, 11) is 0. The Bertz CT molecular complexity index is 331. The molecule has 78 valence electrons. The molecule has 0 bridgehead atoms. The van der Waals surface area contributed by atoms with E-state index in [0.717, 1.165) is 11.8 Å². The van der Waals surface area contributed by atoms with Crippen molar-refractivity contribution in [2.75, 3.05) is 5.75 Å². The van der Waals surface area contributed by atoms with Crippen LogP contribution in [0.3, 0.4) is 0 Å². The number of aliphatic carboxylic acids is 1. The van der Waals surface area contributed by atoms with Gasteiger partial charge in [0.15, 0.2) is 0 Å². The number of nitrogens with zero attached hydrogens (tertiary/aromatic N) is 4. The number of tetrazole rings is 1. The zero-order valence-corrected chi connectivity index (χ0v) is 9.08. The molecule has 0 amide bonds. The summed E-state index contributed by atoms with van der Waals surface area (Å²) in [5.41, 5.74) is -0.232. The van der Waals surface area contributed by atoms with E-state index in [9.17, 15) is 4.79 Å². The molecule has 0 radical (unpaired) electrons. The van der Waals surface area contributed by atoms with Crippen LogP contribution in [0.5, 0.6) is 0 Å². The van der Waals surface area contributed by atoms with Gasteiger partial charge in [0, 0.05) is 0 Å². The highest BCUT2D eigenvalue weighted by atomic mass is 32.2. The number of carboxylic acid groups (broad SMARTS) is 1. The summed E-state index contributed by atoms with van der Waals surface area (Å²) in [6.45, 7) is 5.86. The van der Waals surface area contributed by atoms with Crippen LogP contribution in [0.4, 0.5) is 0 Å². The van der Waals surface area contributed by atoms with Gasteiger partial charge in [-0.05, 0) is 31.2 Å². The maximum Gasteiger partial charge on any atom is 0.313 e. The van der Waals surface area contributed by atoms with E-state index >= 15 is 0 Å². The van der Waals surface area contributed by atoms with Crippen molar-refractivity contribution < 1.29 is 9.90 Å². The molecule has 0 unspecified atom stereocenters. The Balaban J connectivity index is 2.78. The van der Waals surface area contributed by atoms with Crippen molar-refractivity contribution in [1.82, 2.24) is 20.2 Å². The number of rotatable bonds is 3. The normalized spacial score (nSPS) is 11.6. The van der Waals surface area contributed by atoms with Gasteiger partial charge in [0.1, 0.15) is 0 Å². The third kappa shape index (κ3) is 2.69. The molecule has 0 fully saturated rings. The van der Waals surface area contributed by atoms with Crippen molar-refractivity contribution in [3.05, 3.63) is 0 Å². The first-order valence-electron chi connectivity index (χ1n) is 4.04. The van der Waals surface area contributed by atoms with Gasteiger partial charge in [-0.2, -0.15) is 0 Å². The molecular formula is C7H12N4O2S. The molecular weight excluding hydrogens is 204 g/mol. The highest BCUT2D eigenvalue weighted by molar-refractivity contribution is 7.99. The molecule has 0 aliphatic rings. The van der Waals surface area contributed by atoms with Gasteiger partial charge in [0.05, 0.1) is 11.3 Å². The van der Waals surface area contributed by atoms with Gasteiger partial charge in [0.25, 0.3) is 0 Å². The summed E-state index contributed by atoms with van der Waals surface area (Å²) < 4.78 is 1.61. The van der Waals surface area contributed by atoms with Crippen LogP contribution in [0.2, 0.25) is 0 Å². The van der Waals surface area contributed by atoms with Gasteiger partial charge in [-0.15, -0.1) is 5.10 Å². The zero-order chi connectivity index (χ0) is 10.8. The lowest BCUT2D eigenvalue weighted by Crippen LogP contribution is -2.24. The average molecular weight is 216 g/mol. The second-order valence-corrected chi connectivity index (χ2v) is 4.67. The van der Waals surface area contributed by atoms with Crippen molar-refractivity contribution in [3.8, 4) is 0 Å². The number of carbonyl (C=O) groups is 1. The first-order chi connectivity index (χ1) is 6.41. The van der Waals surface area contributed by atoms with Crippen molar-refractivity contribution in [2.24, 2.45) is 0 Å². The summed E-state index contributed by atoms with van der Waals surface area (Å²) in [6.07, 6.45) is 0. The predicted molar refractivity (Wildman–Crippen MR) is 51.2 cm³/mol. The lowest BCUT2D eigenvalue weighted by atomic mass is 10.1. The summed E-state index contributed by atoms with van der Waals surface area (Å²) >= 11 is 1.12. The van der Waals surface area contributed by atoms with Crippen LogP contribution in [0.15, 0.2) is 5.16 Å². The standard InChI is InChI=1S/C7H12N4O2S/c1-7(2,3)11-6(8-9-10-11)14-4-5(12)13/h4H2,1-3H3,(H,12,13). The van der Waals surface area contributed by atoms with Crippen LogP contribution in [-0.4, -0.2) is 37.0 Å². The van der Waals surface area contributed by atoms with Gasteiger partial charge in [0.2, 0.25) is 5.16 Å². The van der Waals surface area contributed by atoms with Gasteiger partial charge < -0.3 is 5.11 Å². The lowest BCUT2D eigenvalue weighted by molar-refractivity contribution is -0.133. The molecule has 0 aliphatic carbocycles. The third-order valence-corrected chi connectivity index (χ3v) is 2.31. The Labute approximate surface area is 85.7 Å². The lowest BCUT2D eigenvalue weighted by Gasteiger charge is -2.19. The average Bonchev–Trinajstić information content (AvgIpc) is 2.46. The Kier molecular flexibility index (Phi) is 3.10. The number of carboxylic acids is 1. The fourth-order valence-corrected chi connectivity index (χ4v) is 1.60. The van der Waals surface area contributed by atoms with Crippen molar-refractivity contribution in [3.63, 3.8) is 0 Å². The Hall–Kier alpha value is -1.11. The summed E-state index contributed by atoms with van der Waals surface area (Å²) in [5.74, 6) is -0.908. The van der Waals surface area contributed by atoms with E-state index in [-0.39, 0.29) is 11.3 Å². The van der Waals surface area contributed by atoms with E-state index in [0.29, 0.717) is 5.16 Å². The number of hydrogen-bond acceptors (Lipinski definition) is 5. The second kappa shape index (κ2) is 3.95. The number of hydrogen-bond donors (Lipinski definition) is 1. The predicted octanol–water partition coefficient (Wildman–Crippen LogP) is 0.605. The van der Waals surface area contributed by atoms with Gasteiger partial charge in [-0.1, -0.05) is 11.8 Å². The first kappa shape index (κ1) is 11.0. The molecule has 14 heavy (non-hydrogen) atoms. The van der Waals surface area contributed by atoms with E-state index in [1.54, 1.807) is 4.68 Å². The monoisotopic (exact) mass is 216 g/mol. The fraction of sp³-hybridized carbons (Fsp3) is 0.714. The Morgan fingerprint density at radius 1 is 1.57 bits per heavy atom.